The molecule has 1 heterocycles. The number of sulfonamides is 1. The number of aromatic nitrogens is 2. The summed E-state index contributed by atoms with van der Waals surface area (Å²) >= 11 is 7.40. The van der Waals surface area contributed by atoms with Crippen LogP contribution >= 0.6 is 23.4 Å². The third-order valence-electron chi connectivity index (χ3n) is 4.66. The minimum atomic E-state index is -3.74. The van der Waals surface area contributed by atoms with Crippen LogP contribution in [0.1, 0.15) is 13.3 Å². The highest BCUT2D eigenvalue weighted by molar-refractivity contribution is 7.99. The van der Waals surface area contributed by atoms with Gasteiger partial charge in [0.15, 0.2) is 5.16 Å². The molecule has 0 spiro atoms. The summed E-state index contributed by atoms with van der Waals surface area (Å²) in [7, 11) is 0.535. The van der Waals surface area contributed by atoms with Crippen molar-refractivity contribution in [3.8, 4) is 5.75 Å². The lowest BCUT2D eigenvalue weighted by atomic mass is 10.3. The van der Waals surface area contributed by atoms with Crippen LogP contribution in [0.5, 0.6) is 5.75 Å². The standard InChI is InChI=1S/C21H25ClN4O4S2/c1-5-10-26-17-8-6-14(22)11-16(17)24-21(26)31-13-20(27)23-15-7-9-18(30-4)19(12-15)32(28,29)25(2)3/h6-9,11-12H,5,10,13H2,1-4H3,(H,23,27). The first-order valence-corrected chi connectivity index (χ1v) is 12.7. The van der Waals surface area contributed by atoms with E-state index in [1.54, 1.807) is 12.1 Å². The maximum Gasteiger partial charge on any atom is 0.246 e. The molecule has 0 atom stereocenters. The molecule has 172 valence electrons. The molecule has 1 amide bonds. The van der Waals surface area contributed by atoms with Gasteiger partial charge in [-0.3, -0.25) is 4.79 Å². The van der Waals surface area contributed by atoms with Crippen molar-refractivity contribution in [2.24, 2.45) is 0 Å². The summed E-state index contributed by atoms with van der Waals surface area (Å²) in [6, 6.07) is 10.1. The van der Waals surface area contributed by atoms with E-state index >= 15 is 0 Å². The van der Waals surface area contributed by atoms with Crippen LogP contribution in [0.2, 0.25) is 5.02 Å². The number of hydrogen-bond donors (Lipinski definition) is 1. The van der Waals surface area contributed by atoms with Crippen molar-refractivity contribution in [2.75, 3.05) is 32.3 Å². The minimum Gasteiger partial charge on any atom is -0.495 e. The molecule has 0 unspecified atom stereocenters. The topological polar surface area (TPSA) is 93.5 Å². The van der Waals surface area contributed by atoms with Gasteiger partial charge in [-0.15, -0.1) is 0 Å². The van der Waals surface area contributed by atoms with Crippen LogP contribution in [0.25, 0.3) is 11.0 Å². The van der Waals surface area contributed by atoms with Crippen molar-refractivity contribution in [3.05, 3.63) is 41.4 Å². The third kappa shape index (κ3) is 5.20. The van der Waals surface area contributed by atoms with Crippen LogP contribution < -0.4 is 10.1 Å². The van der Waals surface area contributed by atoms with Crippen molar-refractivity contribution in [1.29, 1.82) is 0 Å². The Hall–Kier alpha value is -2.27. The van der Waals surface area contributed by atoms with Gasteiger partial charge in [-0.1, -0.05) is 30.3 Å². The Morgan fingerprint density at radius 1 is 1.25 bits per heavy atom. The molecule has 0 fully saturated rings. The van der Waals surface area contributed by atoms with E-state index < -0.39 is 10.0 Å². The van der Waals surface area contributed by atoms with E-state index in [4.69, 9.17) is 16.3 Å². The highest BCUT2D eigenvalue weighted by Crippen LogP contribution is 2.30. The van der Waals surface area contributed by atoms with Crippen LogP contribution in [0.15, 0.2) is 46.5 Å². The number of fused-ring (bicyclic) bond motifs is 1. The Balaban J connectivity index is 1.78. The summed E-state index contributed by atoms with van der Waals surface area (Å²) in [5, 5.41) is 4.09. The average molecular weight is 497 g/mol. The van der Waals surface area contributed by atoms with Crippen LogP contribution in [0.4, 0.5) is 5.69 Å². The summed E-state index contributed by atoms with van der Waals surface area (Å²) in [5.74, 6) is 0.0438. The van der Waals surface area contributed by atoms with Gasteiger partial charge in [0.05, 0.1) is 23.9 Å². The number of ether oxygens (including phenoxy) is 1. The molecule has 1 aromatic heterocycles. The lowest BCUT2D eigenvalue weighted by Crippen LogP contribution is -2.23. The Morgan fingerprint density at radius 3 is 2.66 bits per heavy atom. The molecule has 0 saturated heterocycles. The number of carbonyl (C=O) groups is 1. The van der Waals surface area contributed by atoms with Gasteiger partial charge in [0.25, 0.3) is 0 Å². The molecule has 0 saturated carbocycles. The van der Waals surface area contributed by atoms with Gasteiger partial charge < -0.3 is 14.6 Å². The Morgan fingerprint density at radius 2 is 2.00 bits per heavy atom. The molecule has 2 aromatic carbocycles. The van der Waals surface area contributed by atoms with Gasteiger partial charge in [0.1, 0.15) is 10.6 Å². The Labute approximate surface area is 197 Å². The Bertz CT molecular complexity index is 1240. The first-order valence-electron chi connectivity index (χ1n) is 9.86. The molecule has 3 aromatic rings. The maximum absolute atomic E-state index is 12.6. The quantitative estimate of drug-likeness (QED) is 0.448. The molecular formula is C21H25ClN4O4S2. The number of halogens is 1. The van der Waals surface area contributed by atoms with Crippen LogP contribution in [-0.4, -0.2) is 55.1 Å². The van der Waals surface area contributed by atoms with Crippen molar-refractivity contribution >= 4 is 56.0 Å². The smallest absolute Gasteiger partial charge is 0.246 e. The number of thioether (sulfide) groups is 1. The van der Waals surface area contributed by atoms with E-state index in [1.165, 1.54) is 45.1 Å². The predicted molar refractivity (Wildman–Crippen MR) is 128 cm³/mol. The first-order chi connectivity index (χ1) is 15.2. The molecule has 8 nitrogen and oxygen atoms in total. The average Bonchev–Trinajstić information content (AvgIpc) is 3.08. The summed E-state index contributed by atoms with van der Waals surface area (Å²) in [5.41, 5.74) is 2.11. The fourth-order valence-corrected chi connectivity index (χ4v) is 5.19. The van der Waals surface area contributed by atoms with Gasteiger partial charge in [-0.05, 0) is 42.8 Å². The SMILES string of the molecule is CCCn1c(SCC(=O)Nc2ccc(OC)c(S(=O)(=O)N(C)C)c2)nc2cc(Cl)ccc21. The van der Waals surface area contributed by atoms with Crippen molar-refractivity contribution < 1.29 is 17.9 Å². The zero-order chi connectivity index (χ0) is 23.5. The van der Waals surface area contributed by atoms with E-state index in [9.17, 15) is 13.2 Å². The number of anilines is 1. The zero-order valence-corrected chi connectivity index (χ0v) is 20.6. The normalized spacial score (nSPS) is 11.8. The molecular weight excluding hydrogens is 472 g/mol. The maximum atomic E-state index is 12.6. The second kappa shape index (κ2) is 10.1. The number of nitrogens with zero attached hydrogens (tertiary/aromatic N) is 3. The van der Waals surface area contributed by atoms with Crippen LogP contribution in [0, 0.1) is 0 Å². The summed E-state index contributed by atoms with van der Waals surface area (Å²) in [4.78, 5) is 17.2. The Kier molecular flexibility index (Phi) is 7.71. The van der Waals surface area contributed by atoms with E-state index in [1.807, 2.05) is 12.1 Å². The molecule has 32 heavy (non-hydrogen) atoms. The molecule has 0 radical (unpaired) electrons. The number of carbonyl (C=O) groups excluding carboxylic acids is 1. The first kappa shape index (κ1) is 24.4. The molecule has 0 aliphatic heterocycles. The number of benzene rings is 2. The number of amides is 1. The number of nitrogens with one attached hydrogen (secondary N) is 1. The lowest BCUT2D eigenvalue weighted by molar-refractivity contribution is -0.113. The van der Waals surface area contributed by atoms with Crippen molar-refractivity contribution in [3.63, 3.8) is 0 Å². The number of aryl methyl sites for hydroxylation is 1. The number of rotatable bonds is 9. The minimum absolute atomic E-state index is 0.0166. The van der Waals surface area contributed by atoms with Crippen molar-refractivity contribution in [2.45, 2.75) is 29.9 Å². The summed E-state index contributed by atoms with van der Waals surface area (Å²) < 4.78 is 33.5. The van der Waals surface area contributed by atoms with Crippen LogP contribution in [0.3, 0.4) is 0 Å². The number of methoxy groups -OCH3 is 1. The highest BCUT2D eigenvalue weighted by Gasteiger charge is 2.23. The number of imidazole rings is 1. The fraction of sp³-hybridized carbons (Fsp3) is 0.333. The molecule has 1 N–H and O–H groups in total. The van der Waals surface area contributed by atoms with Gasteiger partial charge >= 0.3 is 0 Å². The van der Waals surface area contributed by atoms with Crippen molar-refractivity contribution in [1.82, 2.24) is 13.9 Å². The second-order valence-electron chi connectivity index (χ2n) is 7.17. The monoisotopic (exact) mass is 496 g/mol. The summed E-state index contributed by atoms with van der Waals surface area (Å²) in [6.45, 7) is 2.85. The summed E-state index contributed by atoms with van der Waals surface area (Å²) in [6.07, 6.45) is 0.919. The molecule has 0 aliphatic rings. The largest absolute Gasteiger partial charge is 0.495 e. The zero-order valence-electron chi connectivity index (χ0n) is 18.3. The van der Waals surface area contributed by atoms with Crippen LogP contribution in [-0.2, 0) is 21.4 Å². The van der Waals surface area contributed by atoms with Gasteiger partial charge in [-0.25, -0.2) is 17.7 Å². The van der Waals surface area contributed by atoms with E-state index in [2.05, 4.69) is 21.8 Å². The third-order valence-corrected chi connectivity index (χ3v) is 7.71. The fourth-order valence-electron chi connectivity index (χ4n) is 3.11. The van der Waals surface area contributed by atoms with E-state index in [0.717, 1.165) is 33.5 Å². The van der Waals surface area contributed by atoms with Gasteiger partial charge in [-0.2, -0.15) is 0 Å². The molecule has 0 bridgehead atoms. The number of hydrogen-bond acceptors (Lipinski definition) is 6. The second-order valence-corrected chi connectivity index (χ2v) is 10.7. The molecule has 3 rings (SSSR count). The predicted octanol–water partition coefficient (Wildman–Crippen LogP) is 4.09. The van der Waals surface area contributed by atoms with E-state index in [-0.39, 0.29) is 22.3 Å². The van der Waals surface area contributed by atoms with E-state index in [0.29, 0.717) is 10.7 Å². The molecule has 0 aliphatic carbocycles. The van der Waals surface area contributed by atoms with Gasteiger partial charge in [0.2, 0.25) is 15.9 Å². The van der Waals surface area contributed by atoms with Gasteiger partial charge in [0, 0.05) is 31.4 Å². The highest BCUT2D eigenvalue weighted by atomic mass is 35.5. The molecule has 11 heteroatoms. The lowest BCUT2D eigenvalue weighted by Gasteiger charge is -2.16.